The second-order valence-corrected chi connectivity index (χ2v) is 9.72. The third-order valence-corrected chi connectivity index (χ3v) is 7.54. The first-order valence-electron chi connectivity index (χ1n) is 11.5. The Bertz CT molecular complexity index is 1040. The van der Waals surface area contributed by atoms with Crippen molar-refractivity contribution in [1.82, 2.24) is 15.2 Å². The van der Waals surface area contributed by atoms with Gasteiger partial charge in [0.25, 0.3) is 5.91 Å². The van der Waals surface area contributed by atoms with Gasteiger partial charge in [-0.25, -0.2) is 0 Å². The fourth-order valence-corrected chi connectivity index (χ4v) is 5.68. The van der Waals surface area contributed by atoms with Crippen molar-refractivity contribution in [3.63, 3.8) is 0 Å². The topological polar surface area (TPSA) is 57.4 Å². The van der Waals surface area contributed by atoms with Gasteiger partial charge in [0.15, 0.2) is 0 Å². The SMILES string of the molecule is COc1ccc2c(Sc3ccccc3)c(C(=O)NCCCN3C(C)CCCC3C)[nH]c2c1. The van der Waals surface area contributed by atoms with Gasteiger partial charge in [0.2, 0.25) is 0 Å². The van der Waals surface area contributed by atoms with Crippen molar-refractivity contribution in [3.05, 3.63) is 54.2 Å². The second-order valence-electron chi connectivity index (χ2n) is 8.63. The Morgan fingerprint density at radius 2 is 1.91 bits per heavy atom. The number of H-pyrrole nitrogens is 1. The van der Waals surface area contributed by atoms with E-state index in [9.17, 15) is 4.79 Å². The van der Waals surface area contributed by atoms with E-state index in [-0.39, 0.29) is 5.91 Å². The minimum atomic E-state index is -0.0571. The lowest BCUT2D eigenvalue weighted by Gasteiger charge is -2.39. The van der Waals surface area contributed by atoms with Gasteiger partial charge in [-0.1, -0.05) is 36.4 Å². The van der Waals surface area contributed by atoms with Gasteiger partial charge in [0.05, 0.1) is 17.5 Å². The number of aromatic amines is 1. The van der Waals surface area contributed by atoms with E-state index in [0.29, 0.717) is 24.3 Å². The molecule has 6 heteroatoms. The molecule has 1 saturated heterocycles. The summed E-state index contributed by atoms with van der Waals surface area (Å²) in [6, 6.07) is 17.3. The van der Waals surface area contributed by atoms with Gasteiger partial charge in [-0.3, -0.25) is 9.69 Å². The number of hydrogen-bond acceptors (Lipinski definition) is 4. The molecular weight excluding hydrogens is 418 g/mol. The predicted molar refractivity (Wildman–Crippen MR) is 132 cm³/mol. The number of carbonyl (C=O) groups is 1. The zero-order valence-electron chi connectivity index (χ0n) is 19.2. The van der Waals surface area contributed by atoms with Gasteiger partial charge in [0.1, 0.15) is 11.4 Å². The molecule has 2 N–H and O–H groups in total. The highest BCUT2D eigenvalue weighted by Crippen LogP contribution is 2.37. The molecule has 4 rings (SSSR count). The molecule has 170 valence electrons. The van der Waals surface area contributed by atoms with E-state index in [1.54, 1.807) is 18.9 Å². The second kappa shape index (κ2) is 10.5. The molecule has 0 radical (unpaired) electrons. The van der Waals surface area contributed by atoms with Crippen LogP contribution >= 0.6 is 11.8 Å². The summed E-state index contributed by atoms with van der Waals surface area (Å²) in [6.07, 6.45) is 4.82. The molecular formula is C26H33N3O2S. The van der Waals surface area contributed by atoms with Gasteiger partial charge in [0, 0.05) is 41.5 Å². The molecule has 3 aromatic rings. The molecule has 32 heavy (non-hydrogen) atoms. The number of nitrogens with one attached hydrogen (secondary N) is 2. The van der Waals surface area contributed by atoms with Crippen molar-refractivity contribution in [2.24, 2.45) is 0 Å². The van der Waals surface area contributed by atoms with Crippen molar-refractivity contribution in [2.75, 3.05) is 20.2 Å². The third-order valence-electron chi connectivity index (χ3n) is 6.40. The van der Waals surface area contributed by atoms with E-state index < -0.39 is 0 Å². The van der Waals surface area contributed by atoms with E-state index in [1.807, 2.05) is 36.4 Å². The van der Waals surface area contributed by atoms with E-state index in [1.165, 1.54) is 19.3 Å². The molecule has 1 fully saturated rings. The maximum Gasteiger partial charge on any atom is 0.268 e. The molecule has 2 aromatic carbocycles. The third kappa shape index (κ3) is 5.13. The largest absolute Gasteiger partial charge is 0.497 e. The van der Waals surface area contributed by atoms with Crippen LogP contribution in [0.3, 0.4) is 0 Å². The van der Waals surface area contributed by atoms with Crippen molar-refractivity contribution in [3.8, 4) is 5.75 Å². The maximum absolute atomic E-state index is 13.2. The van der Waals surface area contributed by atoms with Crippen LogP contribution in [0.25, 0.3) is 10.9 Å². The van der Waals surface area contributed by atoms with Crippen LogP contribution in [0.2, 0.25) is 0 Å². The lowest BCUT2D eigenvalue weighted by Crippen LogP contribution is -2.44. The number of fused-ring (bicyclic) bond motifs is 1. The number of carbonyl (C=O) groups excluding carboxylic acids is 1. The van der Waals surface area contributed by atoms with Crippen LogP contribution in [0.15, 0.2) is 58.3 Å². The molecule has 1 amide bonds. The number of nitrogens with zero attached hydrogens (tertiary/aromatic N) is 1. The summed E-state index contributed by atoms with van der Waals surface area (Å²) in [4.78, 5) is 21.1. The van der Waals surface area contributed by atoms with E-state index in [0.717, 1.165) is 39.4 Å². The van der Waals surface area contributed by atoms with Crippen LogP contribution in [0.1, 0.15) is 50.0 Å². The zero-order chi connectivity index (χ0) is 22.5. The van der Waals surface area contributed by atoms with Crippen LogP contribution in [0.4, 0.5) is 0 Å². The van der Waals surface area contributed by atoms with E-state index in [4.69, 9.17) is 4.74 Å². The average Bonchev–Trinajstić information content (AvgIpc) is 3.16. The van der Waals surface area contributed by atoms with E-state index in [2.05, 4.69) is 41.2 Å². The summed E-state index contributed by atoms with van der Waals surface area (Å²) in [6.45, 7) is 6.33. The quantitative estimate of drug-likeness (QED) is 0.431. The predicted octanol–water partition coefficient (Wildman–Crippen LogP) is 5.71. The number of aromatic nitrogens is 1. The molecule has 0 aliphatic carbocycles. The Kier molecular flexibility index (Phi) is 7.43. The molecule has 2 atom stereocenters. The first kappa shape index (κ1) is 22.7. The molecule has 2 heterocycles. The highest BCUT2D eigenvalue weighted by atomic mass is 32.2. The molecule has 1 aromatic heterocycles. The molecule has 0 bridgehead atoms. The Morgan fingerprint density at radius 1 is 1.16 bits per heavy atom. The minimum absolute atomic E-state index is 0.0571. The van der Waals surface area contributed by atoms with E-state index >= 15 is 0 Å². The highest BCUT2D eigenvalue weighted by Gasteiger charge is 2.24. The van der Waals surface area contributed by atoms with Crippen molar-refractivity contribution in [2.45, 2.75) is 61.4 Å². The number of hydrogen-bond donors (Lipinski definition) is 2. The van der Waals surface area contributed by atoms with Gasteiger partial charge in [-0.15, -0.1) is 0 Å². The van der Waals surface area contributed by atoms with Crippen LogP contribution < -0.4 is 10.1 Å². The summed E-state index contributed by atoms with van der Waals surface area (Å²) in [5, 5.41) is 4.17. The Labute approximate surface area is 194 Å². The Hall–Kier alpha value is -2.44. The maximum atomic E-state index is 13.2. The lowest BCUT2D eigenvalue weighted by atomic mass is 9.97. The summed E-state index contributed by atoms with van der Waals surface area (Å²) in [5.74, 6) is 0.713. The molecule has 5 nitrogen and oxygen atoms in total. The smallest absolute Gasteiger partial charge is 0.268 e. The van der Waals surface area contributed by atoms with Gasteiger partial charge >= 0.3 is 0 Å². The monoisotopic (exact) mass is 451 g/mol. The minimum Gasteiger partial charge on any atom is -0.497 e. The first-order valence-corrected chi connectivity index (χ1v) is 12.3. The van der Waals surface area contributed by atoms with Gasteiger partial charge in [-0.05, 0) is 57.4 Å². The number of rotatable bonds is 8. The number of methoxy groups -OCH3 is 1. The molecule has 1 aliphatic rings. The van der Waals surface area contributed by atoms with Crippen LogP contribution in [0.5, 0.6) is 5.75 Å². The summed E-state index contributed by atoms with van der Waals surface area (Å²) in [7, 11) is 1.65. The molecule has 0 saturated carbocycles. The van der Waals surface area contributed by atoms with Crippen molar-refractivity contribution in [1.29, 1.82) is 0 Å². The van der Waals surface area contributed by atoms with Crippen LogP contribution in [-0.4, -0.2) is 48.1 Å². The fraction of sp³-hybridized carbons (Fsp3) is 0.423. The fourth-order valence-electron chi connectivity index (χ4n) is 4.62. The summed E-state index contributed by atoms with van der Waals surface area (Å²) in [5.41, 5.74) is 1.52. The van der Waals surface area contributed by atoms with Gasteiger partial charge in [-0.2, -0.15) is 0 Å². The standard InChI is InChI=1S/C26H33N3O2S/c1-18-9-7-10-19(2)29(18)16-8-15-27-26(30)24-25(32-21-11-5-4-6-12-21)22-14-13-20(31-3)17-23(22)28-24/h4-6,11-14,17-19,28H,7-10,15-16H2,1-3H3,(H,27,30). The van der Waals surface area contributed by atoms with Crippen molar-refractivity contribution >= 4 is 28.6 Å². The van der Waals surface area contributed by atoms with Gasteiger partial charge < -0.3 is 15.0 Å². The summed E-state index contributed by atoms with van der Waals surface area (Å²) >= 11 is 1.61. The lowest BCUT2D eigenvalue weighted by molar-refractivity contribution is 0.0919. The first-order chi connectivity index (χ1) is 15.6. The summed E-state index contributed by atoms with van der Waals surface area (Å²) < 4.78 is 5.37. The number of ether oxygens (including phenoxy) is 1. The molecule has 0 spiro atoms. The number of amides is 1. The van der Waals surface area contributed by atoms with Crippen LogP contribution in [-0.2, 0) is 0 Å². The van der Waals surface area contributed by atoms with Crippen molar-refractivity contribution < 1.29 is 9.53 Å². The highest BCUT2D eigenvalue weighted by molar-refractivity contribution is 7.99. The zero-order valence-corrected chi connectivity index (χ0v) is 20.0. The van der Waals surface area contributed by atoms with Crippen LogP contribution in [0, 0.1) is 0 Å². The Balaban J connectivity index is 1.48. The molecule has 2 unspecified atom stereocenters. The number of likely N-dealkylation sites (tertiary alicyclic amines) is 1. The number of benzene rings is 2. The Morgan fingerprint density at radius 3 is 2.62 bits per heavy atom. The average molecular weight is 452 g/mol. The normalized spacial score (nSPS) is 19.2. The number of piperidine rings is 1. The molecule has 1 aliphatic heterocycles.